The third-order valence-corrected chi connectivity index (χ3v) is 7.66. The van der Waals surface area contributed by atoms with E-state index in [9.17, 15) is 9.59 Å². The molecule has 1 saturated carbocycles. The van der Waals surface area contributed by atoms with Crippen molar-refractivity contribution in [2.45, 2.75) is 63.7 Å². The van der Waals surface area contributed by atoms with Crippen molar-refractivity contribution in [3.63, 3.8) is 0 Å². The van der Waals surface area contributed by atoms with Gasteiger partial charge in [-0.25, -0.2) is 0 Å². The fourth-order valence-electron chi connectivity index (χ4n) is 5.49. The van der Waals surface area contributed by atoms with Gasteiger partial charge in [0.2, 0.25) is 5.91 Å². The molecule has 200 valence electrons. The minimum absolute atomic E-state index is 0.173. The van der Waals surface area contributed by atoms with Crippen LogP contribution in [0.2, 0.25) is 0 Å². The van der Waals surface area contributed by atoms with Gasteiger partial charge in [-0.1, -0.05) is 25.0 Å². The van der Waals surface area contributed by atoms with E-state index in [0.29, 0.717) is 51.0 Å². The maximum Gasteiger partial charge on any atom is 0.222 e. The predicted octanol–water partition coefficient (Wildman–Crippen LogP) is 6.04. The zero-order valence-corrected chi connectivity index (χ0v) is 22.2. The Bertz CT molecular complexity index is 988. The molecule has 0 aromatic heterocycles. The summed E-state index contributed by atoms with van der Waals surface area (Å²) in [5.41, 5.74) is 2.08. The third-order valence-electron chi connectivity index (χ3n) is 7.66. The lowest BCUT2D eigenvalue weighted by atomic mass is 9.76. The van der Waals surface area contributed by atoms with Crippen molar-refractivity contribution in [1.82, 2.24) is 4.90 Å². The highest BCUT2D eigenvalue weighted by Gasteiger charge is 2.27. The van der Waals surface area contributed by atoms with Crippen LogP contribution in [0.3, 0.4) is 0 Å². The summed E-state index contributed by atoms with van der Waals surface area (Å²) in [6.07, 6.45) is 8.73. The maximum atomic E-state index is 12.4. The lowest BCUT2D eigenvalue weighted by molar-refractivity contribution is -0.128. The van der Waals surface area contributed by atoms with Crippen molar-refractivity contribution < 1.29 is 23.8 Å². The third kappa shape index (κ3) is 8.06. The van der Waals surface area contributed by atoms with E-state index in [1.807, 2.05) is 29.2 Å². The van der Waals surface area contributed by atoms with Crippen LogP contribution in [0.4, 0.5) is 0 Å². The summed E-state index contributed by atoms with van der Waals surface area (Å²) in [4.78, 5) is 26.0. The highest BCUT2D eigenvalue weighted by molar-refractivity contribution is 5.96. The SMILES string of the molecule is COCCCCC(=O)c1ccc(OC[C@@H]2CCCC[C@H]2c2ccc(OCCN3CCCC3=O)cc2)cc1. The average molecular weight is 508 g/mol. The standard InChI is InChI=1S/C31H41NO5/c1-35-21-5-4-9-30(33)25-13-17-28(18-14-25)37-23-26-7-2-3-8-29(26)24-11-15-27(16-12-24)36-22-20-32-19-6-10-31(32)34/h11-18,26,29H,2-10,19-23H2,1H3/t26-,29-/m0/s1. The number of rotatable bonds is 14. The highest BCUT2D eigenvalue weighted by Crippen LogP contribution is 2.38. The molecule has 0 spiro atoms. The van der Waals surface area contributed by atoms with E-state index < -0.39 is 0 Å². The summed E-state index contributed by atoms with van der Waals surface area (Å²) < 4.78 is 17.1. The van der Waals surface area contributed by atoms with Crippen molar-refractivity contribution >= 4 is 11.7 Å². The van der Waals surface area contributed by atoms with Gasteiger partial charge in [-0.15, -0.1) is 0 Å². The molecule has 0 N–H and O–H groups in total. The average Bonchev–Trinajstić information content (AvgIpc) is 3.35. The summed E-state index contributed by atoms with van der Waals surface area (Å²) in [5.74, 6) is 3.02. The number of carbonyl (C=O) groups is 2. The molecule has 2 aliphatic rings. The van der Waals surface area contributed by atoms with E-state index in [4.69, 9.17) is 14.2 Å². The van der Waals surface area contributed by atoms with Crippen molar-refractivity contribution in [1.29, 1.82) is 0 Å². The van der Waals surface area contributed by atoms with Crippen LogP contribution in [0.5, 0.6) is 11.5 Å². The molecular formula is C31H41NO5. The molecule has 1 aliphatic heterocycles. The van der Waals surface area contributed by atoms with Gasteiger partial charge in [0.1, 0.15) is 18.1 Å². The number of nitrogens with zero attached hydrogens (tertiary/aromatic N) is 1. The van der Waals surface area contributed by atoms with Crippen LogP contribution < -0.4 is 9.47 Å². The molecular weight excluding hydrogens is 466 g/mol. The first-order chi connectivity index (χ1) is 18.1. The molecule has 6 nitrogen and oxygen atoms in total. The Labute approximate surface area is 221 Å². The minimum atomic E-state index is 0.173. The number of methoxy groups -OCH3 is 1. The number of carbonyl (C=O) groups excluding carboxylic acids is 2. The second kappa shape index (κ2) is 14.2. The normalized spacial score (nSPS) is 19.7. The summed E-state index contributed by atoms with van der Waals surface area (Å²) in [5, 5.41) is 0. The van der Waals surface area contributed by atoms with Crippen LogP contribution in [0.15, 0.2) is 48.5 Å². The second-order valence-electron chi connectivity index (χ2n) is 10.3. The number of benzene rings is 2. The molecule has 2 atom stereocenters. The van der Waals surface area contributed by atoms with Gasteiger partial charge in [0, 0.05) is 38.7 Å². The van der Waals surface area contributed by atoms with Gasteiger partial charge >= 0.3 is 0 Å². The largest absolute Gasteiger partial charge is 0.493 e. The lowest BCUT2D eigenvalue weighted by Crippen LogP contribution is -2.29. The summed E-state index contributed by atoms with van der Waals surface area (Å²) in [6, 6.07) is 16.1. The van der Waals surface area contributed by atoms with E-state index in [0.717, 1.165) is 49.3 Å². The van der Waals surface area contributed by atoms with E-state index in [-0.39, 0.29) is 11.7 Å². The summed E-state index contributed by atoms with van der Waals surface area (Å²) in [6.45, 7) is 3.42. The number of hydrogen-bond donors (Lipinski definition) is 0. The number of unbranched alkanes of at least 4 members (excludes halogenated alkanes) is 1. The fraction of sp³-hybridized carbons (Fsp3) is 0.548. The zero-order chi connectivity index (χ0) is 25.9. The first-order valence-corrected chi connectivity index (χ1v) is 13.9. The molecule has 0 radical (unpaired) electrons. The van der Waals surface area contributed by atoms with Crippen LogP contribution in [-0.2, 0) is 9.53 Å². The Morgan fingerprint density at radius 1 is 0.892 bits per heavy atom. The van der Waals surface area contributed by atoms with Gasteiger partial charge in [0.05, 0.1) is 13.2 Å². The molecule has 6 heteroatoms. The molecule has 1 saturated heterocycles. The van der Waals surface area contributed by atoms with E-state index in [1.165, 1.54) is 24.8 Å². The van der Waals surface area contributed by atoms with Crippen LogP contribution in [0.25, 0.3) is 0 Å². The number of Topliss-reactive ketones (excluding diaryl/α,β-unsaturated/α-hetero) is 1. The Morgan fingerprint density at radius 3 is 2.35 bits per heavy atom. The number of amides is 1. The number of hydrogen-bond acceptors (Lipinski definition) is 5. The predicted molar refractivity (Wildman–Crippen MR) is 144 cm³/mol. The first kappa shape index (κ1) is 27.2. The van der Waals surface area contributed by atoms with E-state index >= 15 is 0 Å². The van der Waals surface area contributed by atoms with E-state index in [1.54, 1.807) is 7.11 Å². The van der Waals surface area contributed by atoms with Crippen LogP contribution in [0.1, 0.15) is 79.6 Å². The summed E-state index contributed by atoms with van der Waals surface area (Å²) in [7, 11) is 1.68. The van der Waals surface area contributed by atoms with Crippen molar-refractivity contribution in [2.75, 3.05) is 40.0 Å². The number of ether oxygens (including phenoxy) is 3. The second-order valence-corrected chi connectivity index (χ2v) is 10.3. The van der Waals surface area contributed by atoms with Crippen molar-refractivity contribution in [3.8, 4) is 11.5 Å². The number of likely N-dealkylation sites (tertiary alicyclic amines) is 1. The van der Waals surface area contributed by atoms with Crippen LogP contribution in [-0.4, -0.2) is 56.6 Å². The molecule has 1 aliphatic carbocycles. The monoisotopic (exact) mass is 507 g/mol. The molecule has 37 heavy (non-hydrogen) atoms. The smallest absolute Gasteiger partial charge is 0.222 e. The maximum absolute atomic E-state index is 12.4. The molecule has 2 aromatic carbocycles. The van der Waals surface area contributed by atoms with Gasteiger partial charge in [-0.05, 0) is 85.9 Å². The fourth-order valence-corrected chi connectivity index (χ4v) is 5.49. The molecule has 1 amide bonds. The quantitative estimate of drug-likeness (QED) is 0.230. The number of ketones is 1. The molecule has 2 fully saturated rings. The van der Waals surface area contributed by atoms with Crippen molar-refractivity contribution in [2.24, 2.45) is 5.92 Å². The van der Waals surface area contributed by atoms with E-state index in [2.05, 4.69) is 24.3 Å². The van der Waals surface area contributed by atoms with Crippen molar-refractivity contribution in [3.05, 3.63) is 59.7 Å². The topological polar surface area (TPSA) is 65.1 Å². The molecule has 4 rings (SSSR count). The highest BCUT2D eigenvalue weighted by atomic mass is 16.5. The molecule has 0 bridgehead atoms. The summed E-state index contributed by atoms with van der Waals surface area (Å²) >= 11 is 0. The van der Waals surface area contributed by atoms with Gasteiger partial charge in [0.25, 0.3) is 0 Å². The van der Waals surface area contributed by atoms with Gasteiger partial charge in [0.15, 0.2) is 5.78 Å². The first-order valence-electron chi connectivity index (χ1n) is 13.9. The van der Waals surface area contributed by atoms with Crippen LogP contribution >= 0.6 is 0 Å². The molecule has 0 unspecified atom stereocenters. The minimum Gasteiger partial charge on any atom is -0.493 e. The van der Waals surface area contributed by atoms with Gasteiger partial charge in [-0.2, -0.15) is 0 Å². The van der Waals surface area contributed by atoms with Gasteiger partial charge < -0.3 is 19.1 Å². The molecule has 1 heterocycles. The Kier molecular flexibility index (Phi) is 10.4. The Hall–Kier alpha value is -2.86. The molecule has 2 aromatic rings. The van der Waals surface area contributed by atoms with Crippen LogP contribution in [0, 0.1) is 5.92 Å². The zero-order valence-electron chi connectivity index (χ0n) is 22.2. The van der Waals surface area contributed by atoms with Gasteiger partial charge in [-0.3, -0.25) is 9.59 Å². The lowest BCUT2D eigenvalue weighted by Gasteiger charge is -2.32. The Balaban J connectivity index is 1.25. The Morgan fingerprint density at radius 2 is 1.62 bits per heavy atom.